The van der Waals surface area contributed by atoms with E-state index < -0.39 is 0 Å². The van der Waals surface area contributed by atoms with Crippen LogP contribution in [0.5, 0.6) is 0 Å². The van der Waals surface area contributed by atoms with Gasteiger partial charge in [0.1, 0.15) is 25.3 Å². The first kappa shape index (κ1) is 59.1. The standard InChI is InChI=1S/C84H54N12S/c1-5-21-55(22-6-1)77-85-51-89-81(93-77)63-33-17-29-59(41-63)67-45-68(60-30-18-34-64(42-60)82-90-52-86-78(94-82)56-23-7-2-8-24-56)48-71(47-67)73-37-13-15-39-75(73)97-76-40-16-14-38-74(76)72-49-69(61-31-19-35-65(43-61)83-91-53-87-79(95-83)57-25-9-3-10-26-57)46-70(50-72)62-32-20-36-66(44-62)84-92-54-88-80(96-84)58-27-11-4-12-28-58/h1-54H. The lowest BCUT2D eigenvalue weighted by atomic mass is 9.92. The van der Waals surface area contributed by atoms with Gasteiger partial charge in [0.15, 0.2) is 46.6 Å². The topological polar surface area (TPSA) is 155 Å². The fourth-order valence-corrected chi connectivity index (χ4v) is 13.1. The molecule has 0 aliphatic rings. The van der Waals surface area contributed by atoms with Crippen molar-refractivity contribution >= 4 is 11.8 Å². The van der Waals surface area contributed by atoms with E-state index in [1.165, 1.54) is 0 Å². The largest absolute Gasteiger partial charge is 0.217 e. The van der Waals surface area contributed by atoms with Crippen molar-refractivity contribution in [2.45, 2.75) is 9.79 Å². The first-order valence-electron chi connectivity index (χ1n) is 31.6. The van der Waals surface area contributed by atoms with Crippen LogP contribution in [0, 0.1) is 0 Å². The Labute approximate surface area is 564 Å². The molecule has 0 unspecified atom stereocenters. The number of hydrogen-bond donors (Lipinski definition) is 0. The summed E-state index contributed by atoms with van der Waals surface area (Å²) in [6.45, 7) is 0. The van der Waals surface area contributed by atoms with E-state index in [1.54, 1.807) is 37.1 Å². The zero-order valence-electron chi connectivity index (χ0n) is 52.0. The minimum atomic E-state index is 0.585. The van der Waals surface area contributed by atoms with Gasteiger partial charge in [-0.15, -0.1) is 0 Å². The summed E-state index contributed by atoms with van der Waals surface area (Å²) in [5, 5.41) is 0. The molecule has 12 aromatic carbocycles. The third kappa shape index (κ3) is 13.0. The maximum atomic E-state index is 4.96. The second-order valence-electron chi connectivity index (χ2n) is 23.0. The fourth-order valence-electron chi connectivity index (χ4n) is 11.9. The Kier molecular flexibility index (Phi) is 16.4. The zero-order valence-corrected chi connectivity index (χ0v) is 52.8. The highest BCUT2D eigenvalue weighted by atomic mass is 32.2. The molecule has 0 aliphatic carbocycles. The number of aromatic nitrogens is 12. The van der Waals surface area contributed by atoms with E-state index >= 15 is 0 Å². The third-order valence-corrected chi connectivity index (χ3v) is 17.9. The Bertz CT molecular complexity index is 4890. The van der Waals surface area contributed by atoms with Crippen molar-refractivity contribution in [2.75, 3.05) is 0 Å². The van der Waals surface area contributed by atoms with Gasteiger partial charge in [0.2, 0.25) is 0 Å². The summed E-state index contributed by atoms with van der Waals surface area (Å²) in [4.78, 5) is 58.9. The van der Waals surface area contributed by atoms with Crippen molar-refractivity contribution in [3.63, 3.8) is 0 Å². The van der Waals surface area contributed by atoms with Crippen LogP contribution in [0.25, 0.3) is 158 Å². The van der Waals surface area contributed by atoms with E-state index in [0.29, 0.717) is 46.6 Å². The summed E-state index contributed by atoms with van der Waals surface area (Å²) in [6.07, 6.45) is 6.34. The fraction of sp³-hybridized carbons (Fsp3) is 0. The molecule has 0 aliphatic heterocycles. The Balaban J connectivity index is 0.804. The highest BCUT2D eigenvalue weighted by molar-refractivity contribution is 7.99. The molecule has 0 saturated carbocycles. The number of hydrogen-bond acceptors (Lipinski definition) is 13. The molecule has 4 heterocycles. The van der Waals surface area contributed by atoms with E-state index in [-0.39, 0.29) is 0 Å². The summed E-state index contributed by atoms with van der Waals surface area (Å²) >= 11 is 1.74. The summed E-state index contributed by atoms with van der Waals surface area (Å²) in [5.74, 6) is 4.78. The van der Waals surface area contributed by atoms with Gasteiger partial charge >= 0.3 is 0 Å². The molecule has 0 N–H and O–H groups in total. The normalized spacial score (nSPS) is 11.1. The summed E-state index contributed by atoms with van der Waals surface area (Å²) in [7, 11) is 0. The molecule has 4 aromatic heterocycles. The molecule has 0 amide bonds. The minimum absolute atomic E-state index is 0.585. The average molecular weight is 1260 g/mol. The van der Waals surface area contributed by atoms with Gasteiger partial charge in [-0.3, -0.25) is 0 Å². The van der Waals surface area contributed by atoms with Crippen molar-refractivity contribution in [1.29, 1.82) is 0 Å². The van der Waals surface area contributed by atoms with Crippen LogP contribution in [0.3, 0.4) is 0 Å². The van der Waals surface area contributed by atoms with Crippen molar-refractivity contribution < 1.29 is 0 Å². The summed E-state index contributed by atoms with van der Waals surface area (Å²) in [5.41, 5.74) is 19.4. The molecule has 0 fully saturated rings. The van der Waals surface area contributed by atoms with Gasteiger partial charge in [-0.2, -0.15) is 0 Å². The van der Waals surface area contributed by atoms with Crippen molar-refractivity contribution in [2.24, 2.45) is 0 Å². The molecule has 0 saturated heterocycles. The van der Waals surface area contributed by atoms with Gasteiger partial charge in [0, 0.05) is 54.3 Å². The van der Waals surface area contributed by atoms with Gasteiger partial charge in [-0.05, 0) is 140 Å². The smallest absolute Gasteiger partial charge is 0.163 e. The maximum Gasteiger partial charge on any atom is 0.163 e. The van der Waals surface area contributed by atoms with Gasteiger partial charge < -0.3 is 0 Å². The monoisotopic (exact) mass is 1260 g/mol. The van der Waals surface area contributed by atoms with Gasteiger partial charge in [-0.25, -0.2) is 59.8 Å². The van der Waals surface area contributed by atoms with E-state index in [1.807, 2.05) is 121 Å². The molecular weight excluding hydrogens is 1210 g/mol. The number of rotatable bonds is 16. The second kappa shape index (κ2) is 26.9. The van der Waals surface area contributed by atoms with E-state index in [2.05, 4.69) is 222 Å². The molecule has 0 bridgehead atoms. The first-order valence-corrected chi connectivity index (χ1v) is 32.4. The van der Waals surface area contributed by atoms with Crippen LogP contribution in [-0.4, -0.2) is 59.8 Å². The lowest BCUT2D eigenvalue weighted by Crippen LogP contribution is -1.96. The Morgan fingerprint density at radius 3 is 0.619 bits per heavy atom. The van der Waals surface area contributed by atoms with Crippen molar-refractivity contribution in [1.82, 2.24) is 59.8 Å². The Morgan fingerprint density at radius 1 is 0.155 bits per heavy atom. The lowest BCUT2D eigenvalue weighted by molar-refractivity contribution is 1.06. The molecule has 12 nitrogen and oxygen atoms in total. The Hall–Kier alpha value is -13.0. The Morgan fingerprint density at radius 2 is 0.351 bits per heavy atom. The van der Waals surface area contributed by atoms with Crippen LogP contribution >= 0.6 is 11.8 Å². The van der Waals surface area contributed by atoms with Gasteiger partial charge in [0.05, 0.1) is 0 Å². The van der Waals surface area contributed by atoms with Crippen LogP contribution in [0.1, 0.15) is 0 Å². The van der Waals surface area contributed by atoms with Gasteiger partial charge in [0.25, 0.3) is 0 Å². The first-order chi connectivity index (χ1) is 48.0. The van der Waals surface area contributed by atoms with Crippen LogP contribution in [-0.2, 0) is 0 Å². The summed E-state index contributed by atoms with van der Waals surface area (Å²) < 4.78 is 0. The third-order valence-electron chi connectivity index (χ3n) is 16.7. The molecule has 97 heavy (non-hydrogen) atoms. The lowest BCUT2D eigenvalue weighted by Gasteiger charge is -2.17. The average Bonchev–Trinajstić information content (AvgIpc) is 0.815. The van der Waals surface area contributed by atoms with E-state index in [0.717, 1.165) is 121 Å². The van der Waals surface area contributed by atoms with Crippen LogP contribution in [0.2, 0.25) is 0 Å². The van der Waals surface area contributed by atoms with E-state index in [9.17, 15) is 0 Å². The highest BCUT2D eigenvalue weighted by Crippen LogP contribution is 2.45. The van der Waals surface area contributed by atoms with Gasteiger partial charge in [-0.1, -0.05) is 242 Å². The van der Waals surface area contributed by atoms with Crippen molar-refractivity contribution in [3.05, 3.63) is 329 Å². The number of benzene rings is 12. The molecule has 0 radical (unpaired) electrons. The predicted molar refractivity (Wildman–Crippen MR) is 387 cm³/mol. The predicted octanol–water partition coefficient (Wildman–Crippen LogP) is 19.9. The maximum absolute atomic E-state index is 4.96. The minimum Gasteiger partial charge on any atom is -0.217 e. The quantitative estimate of drug-likeness (QED) is 0.0902. The van der Waals surface area contributed by atoms with Crippen molar-refractivity contribution in [3.8, 4) is 158 Å². The number of nitrogens with zero attached hydrogens (tertiary/aromatic N) is 12. The molecule has 16 rings (SSSR count). The highest BCUT2D eigenvalue weighted by Gasteiger charge is 2.19. The molecule has 456 valence electrons. The molecule has 0 atom stereocenters. The molecule has 0 spiro atoms. The molecular formula is C84H54N12S. The van der Waals surface area contributed by atoms with Crippen LogP contribution in [0.15, 0.2) is 338 Å². The van der Waals surface area contributed by atoms with Crippen LogP contribution < -0.4 is 0 Å². The molecule has 13 heteroatoms. The zero-order chi connectivity index (χ0) is 64.7. The molecule has 16 aromatic rings. The summed E-state index contributed by atoms with van der Waals surface area (Å²) in [6, 6.07) is 105. The van der Waals surface area contributed by atoms with E-state index in [4.69, 9.17) is 19.9 Å². The second-order valence-corrected chi connectivity index (χ2v) is 24.1. The SMILES string of the molecule is c1ccc(-c2ncnc(-c3cccc(-c4cc(-c5cccc(-c6ncnc(-c7ccccc7)n6)c5)cc(-c5ccccc5Sc5ccccc5-c5cc(-c6cccc(-c7ncnc(-c8ccccc8)n7)c6)cc(-c6cccc(-c7ncnc(-c8ccccc8)n7)c6)c5)c4)c3)n2)cc1. The van der Waals surface area contributed by atoms with Crippen LogP contribution in [0.4, 0.5) is 0 Å².